The minimum Gasteiger partial charge on any atom is -0.465 e. The normalized spacial score (nSPS) is 12.5. The smallest absolute Gasteiger partial charge is 0.337 e. The number of hydrogen-bond donors (Lipinski definition) is 2. The molecule has 162 valence electrons. The molecule has 6 heteroatoms. The molecule has 0 amide bonds. The second kappa shape index (κ2) is 10.2. The number of methoxy groups -OCH3 is 1. The fraction of sp³-hybridized carbons (Fsp3) is 0.154. The van der Waals surface area contributed by atoms with Crippen molar-refractivity contribution in [2.75, 3.05) is 19.0 Å². The minimum absolute atomic E-state index is 0.363. The van der Waals surface area contributed by atoms with Crippen molar-refractivity contribution in [3.8, 4) is 0 Å². The van der Waals surface area contributed by atoms with E-state index in [2.05, 4.69) is 22.4 Å². The number of ether oxygens (including phenoxy) is 1. The maximum Gasteiger partial charge on any atom is 0.337 e. The van der Waals surface area contributed by atoms with Gasteiger partial charge in [0.2, 0.25) is 0 Å². The summed E-state index contributed by atoms with van der Waals surface area (Å²) in [5.41, 5.74) is 3.37. The summed E-state index contributed by atoms with van der Waals surface area (Å²) in [6.45, 7) is 0.550. The fourth-order valence-electron chi connectivity index (χ4n) is 3.65. The number of thiazole rings is 1. The van der Waals surface area contributed by atoms with Crippen LogP contribution in [0.5, 0.6) is 0 Å². The van der Waals surface area contributed by atoms with E-state index in [4.69, 9.17) is 4.74 Å². The zero-order valence-corrected chi connectivity index (χ0v) is 18.5. The molecule has 4 aromatic rings. The van der Waals surface area contributed by atoms with Gasteiger partial charge in [-0.15, -0.1) is 11.3 Å². The first-order valence-electron chi connectivity index (χ1n) is 10.3. The van der Waals surface area contributed by atoms with Crippen molar-refractivity contribution in [3.05, 3.63) is 101 Å². The van der Waals surface area contributed by atoms with Crippen molar-refractivity contribution in [2.45, 2.75) is 12.5 Å². The predicted octanol–water partition coefficient (Wildman–Crippen LogP) is 5.70. The van der Waals surface area contributed by atoms with Crippen LogP contribution in [-0.4, -0.2) is 29.7 Å². The highest BCUT2D eigenvalue weighted by Crippen LogP contribution is 2.29. The Kier molecular flexibility index (Phi) is 6.94. The van der Waals surface area contributed by atoms with Gasteiger partial charge in [-0.1, -0.05) is 60.7 Å². The van der Waals surface area contributed by atoms with Crippen LogP contribution in [0.25, 0.3) is 16.8 Å². The van der Waals surface area contributed by atoms with Gasteiger partial charge in [-0.2, -0.15) is 0 Å². The Hall–Kier alpha value is -3.48. The quantitative estimate of drug-likeness (QED) is 0.341. The molecule has 0 fully saturated rings. The third-order valence-electron chi connectivity index (χ3n) is 5.24. The topological polar surface area (TPSA) is 71.5 Å². The van der Waals surface area contributed by atoms with Crippen LogP contribution in [0.1, 0.15) is 34.0 Å². The lowest BCUT2D eigenvalue weighted by molar-refractivity contribution is 0.0600. The van der Waals surface area contributed by atoms with Crippen molar-refractivity contribution in [3.63, 3.8) is 0 Å². The zero-order chi connectivity index (χ0) is 22.3. The predicted molar refractivity (Wildman–Crippen MR) is 130 cm³/mol. The van der Waals surface area contributed by atoms with Crippen molar-refractivity contribution in [2.24, 2.45) is 0 Å². The number of anilines is 1. The lowest BCUT2D eigenvalue weighted by Crippen LogP contribution is -2.09. The molecule has 0 bridgehead atoms. The first kappa shape index (κ1) is 21.7. The molecule has 0 spiro atoms. The standard InChI is InChI=1S/C26H24N2O3S/c1-31-25(30)21-11-9-18(10-12-21)15-19(17-28-26-27-13-14-32-26)16-24(29)23-8-4-6-20-5-2-3-7-22(20)23/h2-15,24,29H,16-17H2,1H3,(H,27,28). The van der Waals surface area contributed by atoms with Crippen molar-refractivity contribution in [1.29, 1.82) is 0 Å². The molecule has 0 saturated carbocycles. The summed E-state index contributed by atoms with van der Waals surface area (Å²) >= 11 is 1.53. The number of esters is 1. The number of nitrogens with one attached hydrogen (secondary N) is 1. The van der Waals surface area contributed by atoms with E-state index in [1.54, 1.807) is 18.3 Å². The average molecular weight is 445 g/mol. The Labute approximate surface area is 191 Å². The van der Waals surface area contributed by atoms with Gasteiger partial charge in [-0.3, -0.25) is 0 Å². The number of benzene rings is 3. The minimum atomic E-state index is -0.653. The summed E-state index contributed by atoms with van der Waals surface area (Å²) in [6, 6.07) is 21.3. The SMILES string of the molecule is COC(=O)c1ccc(C=C(CNc2nccs2)CC(O)c2cccc3ccccc23)cc1. The van der Waals surface area contributed by atoms with Gasteiger partial charge in [-0.25, -0.2) is 9.78 Å². The highest BCUT2D eigenvalue weighted by Gasteiger charge is 2.14. The molecule has 1 atom stereocenters. The third kappa shape index (κ3) is 5.22. The molecular formula is C26H24N2O3S. The zero-order valence-electron chi connectivity index (χ0n) is 17.7. The molecule has 5 nitrogen and oxygen atoms in total. The van der Waals surface area contributed by atoms with Crippen LogP contribution in [0.4, 0.5) is 5.13 Å². The summed E-state index contributed by atoms with van der Waals surface area (Å²) < 4.78 is 4.77. The molecule has 0 radical (unpaired) electrons. The molecule has 1 unspecified atom stereocenters. The van der Waals surface area contributed by atoms with Gasteiger partial charge >= 0.3 is 5.97 Å². The van der Waals surface area contributed by atoms with E-state index < -0.39 is 6.10 Å². The monoisotopic (exact) mass is 444 g/mol. The number of nitrogens with zero attached hydrogens (tertiary/aromatic N) is 1. The first-order valence-corrected chi connectivity index (χ1v) is 11.2. The highest BCUT2D eigenvalue weighted by atomic mass is 32.1. The average Bonchev–Trinajstić information content (AvgIpc) is 3.36. The van der Waals surface area contributed by atoms with Gasteiger partial charge in [0.15, 0.2) is 5.13 Å². The Morgan fingerprint density at radius 1 is 1.12 bits per heavy atom. The second-order valence-corrected chi connectivity index (χ2v) is 8.29. The Morgan fingerprint density at radius 3 is 2.66 bits per heavy atom. The lowest BCUT2D eigenvalue weighted by atomic mass is 9.95. The number of carbonyl (C=O) groups excluding carboxylic acids is 1. The van der Waals surface area contributed by atoms with Crippen LogP contribution < -0.4 is 5.32 Å². The number of aromatic nitrogens is 1. The number of carbonyl (C=O) groups is 1. The van der Waals surface area contributed by atoms with Crippen LogP contribution in [0.2, 0.25) is 0 Å². The van der Waals surface area contributed by atoms with E-state index in [1.165, 1.54) is 18.4 Å². The van der Waals surface area contributed by atoms with Gasteiger partial charge in [0.1, 0.15) is 0 Å². The van der Waals surface area contributed by atoms with E-state index in [0.29, 0.717) is 18.5 Å². The number of hydrogen-bond acceptors (Lipinski definition) is 6. The molecule has 0 aliphatic carbocycles. The summed E-state index contributed by atoms with van der Waals surface area (Å²) in [5.74, 6) is -0.363. The van der Waals surface area contributed by atoms with Crippen LogP contribution in [0, 0.1) is 0 Å². The lowest BCUT2D eigenvalue weighted by Gasteiger charge is -2.17. The highest BCUT2D eigenvalue weighted by molar-refractivity contribution is 7.13. The van der Waals surface area contributed by atoms with Gasteiger partial charge in [-0.05, 0) is 39.6 Å². The van der Waals surface area contributed by atoms with Crippen LogP contribution in [0.3, 0.4) is 0 Å². The number of aliphatic hydroxyl groups excluding tert-OH is 1. The molecule has 1 heterocycles. The van der Waals surface area contributed by atoms with Gasteiger partial charge < -0.3 is 15.2 Å². The van der Waals surface area contributed by atoms with E-state index in [-0.39, 0.29) is 5.97 Å². The van der Waals surface area contributed by atoms with Gasteiger partial charge in [0.25, 0.3) is 0 Å². The van der Waals surface area contributed by atoms with Crippen molar-refractivity contribution < 1.29 is 14.6 Å². The van der Waals surface area contributed by atoms with Crippen molar-refractivity contribution in [1.82, 2.24) is 4.98 Å². The Morgan fingerprint density at radius 2 is 1.91 bits per heavy atom. The summed E-state index contributed by atoms with van der Waals surface area (Å²) in [6.07, 6.45) is 3.60. The molecule has 0 saturated heterocycles. The Balaban J connectivity index is 1.59. The van der Waals surface area contributed by atoms with Crippen molar-refractivity contribution >= 4 is 39.3 Å². The molecular weight excluding hydrogens is 420 g/mol. The largest absolute Gasteiger partial charge is 0.465 e. The first-order chi connectivity index (χ1) is 15.6. The second-order valence-electron chi connectivity index (χ2n) is 7.40. The molecule has 32 heavy (non-hydrogen) atoms. The Bertz CT molecular complexity index is 1210. The number of aliphatic hydroxyl groups is 1. The molecule has 0 aliphatic heterocycles. The van der Waals surface area contributed by atoms with E-state index in [0.717, 1.165) is 32.6 Å². The van der Waals surface area contributed by atoms with Crippen LogP contribution in [-0.2, 0) is 4.74 Å². The summed E-state index contributed by atoms with van der Waals surface area (Å²) in [5, 5.41) is 19.4. The van der Waals surface area contributed by atoms with E-state index >= 15 is 0 Å². The fourth-order valence-corrected chi connectivity index (χ4v) is 4.18. The summed E-state index contributed by atoms with van der Waals surface area (Å²) in [7, 11) is 1.37. The molecule has 4 rings (SSSR count). The van der Waals surface area contributed by atoms with Gasteiger partial charge in [0.05, 0.1) is 18.8 Å². The van der Waals surface area contributed by atoms with E-state index in [1.807, 2.05) is 53.9 Å². The van der Waals surface area contributed by atoms with E-state index in [9.17, 15) is 9.90 Å². The molecule has 1 aromatic heterocycles. The third-order valence-corrected chi connectivity index (χ3v) is 5.97. The molecule has 2 N–H and O–H groups in total. The molecule has 3 aromatic carbocycles. The van der Waals surface area contributed by atoms with Gasteiger partial charge in [0, 0.05) is 24.5 Å². The van der Waals surface area contributed by atoms with Crippen LogP contribution >= 0.6 is 11.3 Å². The number of rotatable bonds is 8. The number of fused-ring (bicyclic) bond motifs is 1. The summed E-state index contributed by atoms with van der Waals surface area (Å²) in [4.78, 5) is 16.0. The maximum atomic E-state index is 11.7. The van der Waals surface area contributed by atoms with Crippen LogP contribution in [0.15, 0.2) is 83.9 Å². The maximum absolute atomic E-state index is 11.7. The molecule has 0 aliphatic rings.